The van der Waals surface area contributed by atoms with E-state index in [1.54, 1.807) is 5.57 Å². The fourth-order valence-corrected chi connectivity index (χ4v) is 7.50. The summed E-state index contributed by atoms with van der Waals surface area (Å²) >= 11 is 0. The van der Waals surface area contributed by atoms with Gasteiger partial charge in [0.2, 0.25) is 0 Å². The molecule has 0 saturated heterocycles. The second-order valence-electron chi connectivity index (χ2n) is 10.3. The van der Waals surface area contributed by atoms with Crippen molar-refractivity contribution in [3.63, 3.8) is 0 Å². The zero-order valence-electron chi connectivity index (χ0n) is 18.0. The Morgan fingerprint density at radius 3 is 2.69 bits per heavy atom. The van der Waals surface area contributed by atoms with E-state index in [0.717, 1.165) is 37.0 Å². The Morgan fingerprint density at radius 1 is 1.10 bits per heavy atom. The van der Waals surface area contributed by atoms with Crippen LogP contribution in [0.4, 0.5) is 0 Å². The van der Waals surface area contributed by atoms with Crippen LogP contribution in [0.5, 0.6) is 0 Å². The molecular weight excluding hydrogens is 358 g/mol. The highest BCUT2D eigenvalue weighted by Gasteiger charge is 2.56. The van der Waals surface area contributed by atoms with E-state index in [9.17, 15) is 4.79 Å². The lowest BCUT2D eigenvalue weighted by Gasteiger charge is -2.57. The second kappa shape index (κ2) is 6.82. The lowest BCUT2D eigenvalue weighted by Crippen LogP contribution is -2.50. The summed E-state index contributed by atoms with van der Waals surface area (Å²) in [7, 11) is 0. The minimum atomic E-state index is -0.138. The molecule has 2 saturated carbocycles. The predicted molar refractivity (Wildman–Crippen MR) is 115 cm³/mol. The summed E-state index contributed by atoms with van der Waals surface area (Å²) in [6.07, 6.45) is 17.1. The number of nitrogens with zero attached hydrogens (tertiary/aromatic N) is 1. The number of fused-ring (bicyclic) bond motifs is 5. The van der Waals surface area contributed by atoms with Gasteiger partial charge < -0.3 is 4.74 Å². The molecule has 29 heavy (non-hydrogen) atoms. The highest BCUT2D eigenvalue weighted by atomic mass is 16.5. The van der Waals surface area contributed by atoms with Crippen LogP contribution in [0.2, 0.25) is 0 Å². The summed E-state index contributed by atoms with van der Waals surface area (Å²) in [5.74, 6) is 2.12. The number of carbonyl (C=O) groups excluding carboxylic acids is 1. The monoisotopic (exact) mass is 391 g/mol. The lowest BCUT2D eigenvalue weighted by atomic mass is 9.47. The van der Waals surface area contributed by atoms with Crippen LogP contribution < -0.4 is 0 Å². The molecule has 0 radical (unpaired) electrons. The van der Waals surface area contributed by atoms with Crippen LogP contribution >= 0.6 is 0 Å². The third-order valence-electron chi connectivity index (χ3n) is 8.94. The molecule has 6 atom stereocenters. The molecule has 3 nitrogen and oxygen atoms in total. The molecule has 2 fully saturated rings. The first-order valence-electron chi connectivity index (χ1n) is 11.4. The van der Waals surface area contributed by atoms with E-state index in [-0.39, 0.29) is 22.9 Å². The van der Waals surface area contributed by atoms with E-state index < -0.39 is 0 Å². The normalized spacial score (nSPS) is 40.8. The number of hydrogen-bond acceptors (Lipinski definition) is 3. The number of esters is 1. The minimum absolute atomic E-state index is 0.0857. The van der Waals surface area contributed by atoms with Gasteiger partial charge in [0.05, 0.1) is 0 Å². The van der Waals surface area contributed by atoms with E-state index in [1.807, 2.05) is 12.4 Å². The summed E-state index contributed by atoms with van der Waals surface area (Å²) < 4.78 is 5.58. The van der Waals surface area contributed by atoms with E-state index >= 15 is 0 Å². The van der Waals surface area contributed by atoms with Gasteiger partial charge in [0.1, 0.15) is 6.10 Å². The van der Waals surface area contributed by atoms with Gasteiger partial charge in [-0.05, 0) is 84.3 Å². The summed E-state index contributed by atoms with van der Waals surface area (Å²) in [4.78, 5) is 15.8. The zero-order valence-corrected chi connectivity index (χ0v) is 18.0. The fourth-order valence-electron chi connectivity index (χ4n) is 7.50. The maximum Gasteiger partial charge on any atom is 0.302 e. The third-order valence-corrected chi connectivity index (χ3v) is 8.94. The molecule has 2 unspecified atom stereocenters. The van der Waals surface area contributed by atoms with E-state index in [4.69, 9.17) is 4.74 Å². The first-order chi connectivity index (χ1) is 13.9. The van der Waals surface area contributed by atoms with Crippen molar-refractivity contribution in [3.8, 4) is 0 Å². The van der Waals surface area contributed by atoms with Gasteiger partial charge in [-0.25, -0.2) is 0 Å². The Morgan fingerprint density at radius 2 is 1.93 bits per heavy atom. The fraction of sp³-hybridized carbons (Fsp3) is 0.615. The third kappa shape index (κ3) is 2.92. The number of allylic oxidation sites excluding steroid dienone is 3. The second-order valence-corrected chi connectivity index (χ2v) is 10.3. The van der Waals surface area contributed by atoms with Gasteiger partial charge in [0, 0.05) is 25.7 Å². The number of aromatic nitrogens is 1. The molecule has 0 N–H and O–H groups in total. The Hall–Kier alpha value is -1.90. The van der Waals surface area contributed by atoms with Crippen LogP contribution in [-0.2, 0) is 9.53 Å². The molecule has 0 bridgehead atoms. The van der Waals surface area contributed by atoms with Gasteiger partial charge in [0.15, 0.2) is 0 Å². The molecule has 1 heterocycles. The van der Waals surface area contributed by atoms with Crippen LogP contribution in [-0.4, -0.2) is 17.1 Å². The van der Waals surface area contributed by atoms with Gasteiger partial charge in [0.25, 0.3) is 0 Å². The molecule has 0 aliphatic heterocycles. The largest absolute Gasteiger partial charge is 0.462 e. The average molecular weight is 392 g/mol. The first-order valence-corrected chi connectivity index (χ1v) is 11.4. The molecule has 4 aliphatic carbocycles. The minimum Gasteiger partial charge on any atom is -0.462 e. The van der Waals surface area contributed by atoms with Gasteiger partial charge in [-0.1, -0.05) is 37.6 Å². The Balaban J connectivity index is 1.41. The first kappa shape index (κ1) is 19.1. The molecule has 0 aromatic carbocycles. The summed E-state index contributed by atoms with van der Waals surface area (Å²) in [5.41, 5.74) is 4.99. The van der Waals surface area contributed by atoms with E-state index in [2.05, 4.69) is 43.1 Å². The number of ether oxygens (including phenoxy) is 1. The number of pyridine rings is 1. The van der Waals surface area contributed by atoms with Crippen molar-refractivity contribution >= 4 is 11.5 Å². The van der Waals surface area contributed by atoms with Crippen LogP contribution in [0.3, 0.4) is 0 Å². The number of carbonyl (C=O) groups is 1. The standard InChI is InChI=1S/C26H33NO2/c1-17(28)29-20-10-12-25(2)19(15-20)6-7-21-23-9-8-22(18-5-4-14-27-16-18)26(23,3)13-11-24(21)25/h4-6,8,14,16,20-21,23-24H,7,9-13,15H2,1-3H3/t20-,21?,23-,24-,25?,26+/m0/s1. The van der Waals surface area contributed by atoms with Crippen molar-refractivity contribution in [1.29, 1.82) is 0 Å². The van der Waals surface area contributed by atoms with Gasteiger partial charge in [-0.15, -0.1) is 0 Å². The summed E-state index contributed by atoms with van der Waals surface area (Å²) in [6, 6.07) is 4.30. The van der Waals surface area contributed by atoms with Crippen molar-refractivity contribution in [3.05, 3.63) is 47.8 Å². The summed E-state index contributed by atoms with van der Waals surface area (Å²) in [6.45, 7) is 6.56. The van der Waals surface area contributed by atoms with Crippen molar-refractivity contribution in [1.82, 2.24) is 4.98 Å². The van der Waals surface area contributed by atoms with Gasteiger partial charge in [-0.2, -0.15) is 0 Å². The van der Waals surface area contributed by atoms with Crippen molar-refractivity contribution in [2.45, 2.75) is 71.8 Å². The Kier molecular flexibility index (Phi) is 4.49. The molecule has 0 spiro atoms. The van der Waals surface area contributed by atoms with Crippen LogP contribution in [0, 0.1) is 28.6 Å². The predicted octanol–water partition coefficient (Wildman–Crippen LogP) is 5.97. The molecule has 3 heteroatoms. The number of rotatable bonds is 2. The highest BCUT2D eigenvalue weighted by Crippen LogP contribution is 2.66. The van der Waals surface area contributed by atoms with Gasteiger partial charge in [-0.3, -0.25) is 9.78 Å². The van der Waals surface area contributed by atoms with E-state index in [1.165, 1.54) is 43.7 Å². The molecule has 1 aromatic rings. The topological polar surface area (TPSA) is 39.2 Å². The molecular formula is C26H33NO2. The molecule has 154 valence electrons. The maximum absolute atomic E-state index is 11.4. The van der Waals surface area contributed by atoms with Crippen molar-refractivity contribution < 1.29 is 9.53 Å². The van der Waals surface area contributed by atoms with Crippen molar-refractivity contribution in [2.24, 2.45) is 28.6 Å². The van der Waals surface area contributed by atoms with Crippen molar-refractivity contribution in [2.75, 3.05) is 0 Å². The van der Waals surface area contributed by atoms with Gasteiger partial charge >= 0.3 is 5.97 Å². The molecule has 4 aliphatic rings. The Bertz CT molecular complexity index is 872. The number of hydrogen-bond donors (Lipinski definition) is 0. The van der Waals surface area contributed by atoms with E-state index in [0.29, 0.717) is 0 Å². The molecule has 5 rings (SSSR count). The molecule has 1 aromatic heterocycles. The Labute approximate surface area is 174 Å². The lowest BCUT2D eigenvalue weighted by molar-refractivity contribution is -0.148. The summed E-state index contributed by atoms with van der Waals surface area (Å²) in [5, 5.41) is 0. The highest BCUT2D eigenvalue weighted by molar-refractivity contribution is 5.72. The van der Waals surface area contributed by atoms with Crippen LogP contribution in [0.1, 0.15) is 71.3 Å². The zero-order chi connectivity index (χ0) is 20.2. The SMILES string of the molecule is CC(=O)O[C@H]1CCC2(C)C(=CCC3[C@@H]2CC[C@]2(C)C(c4cccnc4)=CC[C@@H]32)C1. The van der Waals surface area contributed by atoms with Crippen LogP contribution in [0.25, 0.3) is 5.57 Å². The molecule has 0 amide bonds. The average Bonchev–Trinajstić information content (AvgIpc) is 3.06. The quantitative estimate of drug-likeness (QED) is 0.460. The van der Waals surface area contributed by atoms with Crippen LogP contribution in [0.15, 0.2) is 42.3 Å². The smallest absolute Gasteiger partial charge is 0.302 e. The maximum atomic E-state index is 11.4.